The fourth-order valence-corrected chi connectivity index (χ4v) is 5.32. The van der Waals surface area contributed by atoms with Gasteiger partial charge < -0.3 is 9.64 Å². The Balaban J connectivity index is 1.64. The highest BCUT2D eigenvalue weighted by atomic mass is 19.4. The number of fused-ring (bicyclic) bond motifs is 1. The summed E-state index contributed by atoms with van der Waals surface area (Å²) in [4.78, 5) is 18.8. The van der Waals surface area contributed by atoms with Gasteiger partial charge in [0.2, 0.25) is 0 Å². The monoisotopic (exact) mass is 498 g/mol. The molecule has 0 spiro atoms. The number of nitrogens with zero attached hydrogens (tertiary/aromatic N) is 4. The van der Waals surface area contributed by atoms with Gasteiger partial charge in [0.1, 0.15) is 11.3 Å². The minimum atomic E-state index is -4.22. The first-order valence-corrected chi connectivity index (χ1v) is 12.3. The molecule has 1 aliphatic carbocycles. The lowest BCUT2D eigenvalue weighted by Crippen LogP contribution is -2.45. The number of aryl methyl sites for hydroxylation is 1. The Hall–Kier alpha value is -2.39. The quantitative estimate of drug-likeness (QED) is 0.451. The van der Waals surface area contributed by atoms with Gasteiger partial charge in [-0.3, -0.25) is 0 Å². The van der Waals surface area contributed by atoms with Crippen LogP contribution in [0.1, 0.15) is 88.7 Å². The lowest BCUT2D eigenvalue weighted by Gasteiger charge is -2.37. The van der Waals surface area contributed by atoms with Gasteiger partial charge in [0.15, 0.2) is 11.5 Å². The van der Waals surface area contributed by atoms with Crippen molar-refractivity contribution < 1.29 is 27.1 Å². The minimum Gasteiger partial charge on any atom is -0.444 e. The number of aromatic nitrogens is 3. The van der Waals surface area contributed by atoms with Crippen LogP contribution in [-0.2, 0) is 4.74 Å². The van der Waals surface area contributed by atoms with E-state index in [-0.39, 0.29) is 60.9 Å². The summed E-state index contributed by atoms with van der Waals surface area (Å²) in [5, 5.41) is 4.57. The molecule has 6 nitrogen and oxygen atoms in total. The summed E-state index contributed by atoms with van der Waals surface area (Å²) < 4.78 is 61.9. The highest BCUT2D eigenvalue weighted by molar-refractivity contribution is 5.68. The SMILES string of the molecule is Cc1cc([C@@H]2CN(C(=O)OC(C)(C)C)CC[C@H]2C)n2nc([C@H]3CC[C@H](C(F)(F)F)CC3)c(F)c2n1. The second-order valence-corrected chi connectivity index (χ2v) is 11.1. The van der Waals surface area contributed by atoms with Gasteiger partial charge in [0.25, 0.3) is 0 Å². The number of likely N-dealkylation sites (tertiary alicyclic amines) is 1. The molecule has 1 saturated carbocycles. The third-order valence-electron chi connectivity index (χ3n) is 7.28. The average molecular weight is 499 g/mol. The van der Waals surface area contributed by atoms with Crippen molar-refractivity contribution in [3.8, 4) is 0 Å². The Kier molecular flexibility index (Phi) is 6.79. The number of piperidine rings is 1. The van der Waals surface area contributed by atoms with Crippen LogP contribution in [0.3, 0.4) is 0 Å². The van der Waals surface area contributed by atoms with E-state index in [4.69, 9.17) is 4.74 Å². The van der Waals surface area contributed by atoms with Crippen LogP contribution in [-0.4, -0.2) is 50.5 Å². The number of rotatable bonds is 2. The summed E-state index contributed by atoms with van der Waals surface area (Å²) in [5.41, 5.74) is 1.05. The summed E-state index contributed by atoms with van der Waals surface area (Å²) in [6.45, 7) is 10.3. The van der Waals surface area contributed by atoms with Crippen molar-refractivity contribution in [1.82, 2.24) is 19.5 Å². The molecule has 0 N–H and O–H groups in total. The van der Waals surface area contributed by atoms with Gasteiger partial charge in [-0.05, 0) is 71.8 Å². The van der Waals surface area contributed by atoms with E-state index >= 15 is 4.39 Å². The normalized spacial score (nSPS) is 26.3. The Bertz CT molecular complexity index is 1080. The van der Waals surface area contributed by atoms with E-state index in [1.165, 1.54) is 4.52 Å². The molecule has 2 aromatic heterocycles. The van der Waals surface area contributed by atoms with Gasteiger partial charge in [-0.25, -0.2) is 18.7 Å². The predicted octanol–water partition coefficient (Wildman–Crippen LogP) is 6.37. The van der Waals surface area contributed by atoms with Gasteiger partial charge in [0.05, 0.1) is 11.6 Å². The molecule has 4 rings (SSSR count). The van der Waals surface area contributed by atoms with Crippen LogP contribution >= 0.6 is 0 Å². The van der Waals surface area contributed by atoms with Gasteiger partial charge in [0, 0.05) is 30.6 Å². The number of hydrogen-bond acceptors (Lipinski definition) is 4. The van der Waals surface area contributed by atoms with Crippen molar-refractivity contribution in [2.45, 2.75) is 90.3 Å². The molecule has 2 fully saturated rings. The van der Waals surface area contributed by atoms with E-state index in [2.05, 4.69) is 17.0 Å². The number of hydrogen-bond donors (Lipinski definition) is 0. The molecule has 0 unspecified atom stereocenters. The van der Waals surface area contributed by atoms with Crippen LogP contribution in [0.15, 0.2) is 6.07 Å². The number of ether oxygens (including phenoxy) is 1. The van der Waals surface area contributed by atoms with Crippen molar-refractivity contribution in [3.05, 3.63) is 29.0 Å². The van der Waals surface area contributed by atoms with Crippen molar-refractivity contribution in [2.75, 3.05) is 13.1 Å². The standard InChI is InChI=1S/C25H34F4N4O2/c1-14-10-11-32(23(34)35-24(3,4)5)13-18(14)19-12-15(2)30-22-20(26)21(31-33(19)22)16-6-8-17(9-7-16)25(27,28)29/h12,14,16-18H,6-11,13H2,1-5H3/t14-,16-,17-,18-/m1/s1. The first-order chi connectivity index (χ1) is 16.2. The lowest BCUT2D eigenvalue weighted by atomic mass is 9.80. The van der Waals surface area contributed by atoms with Gasteiger partial charge in [-0.2, -0.15) is 18.3 Å². The molecular formula is C25H34F4N4O2. The first-order valence-electron chi connectivity index (χ1n) is 12.3. The number of carbonyl (C=O) groups excluding carboxylic acids is 1. The smallest absolute Gasteiger partial charge is 0.410 e. The van der Waals surface area contributed by atoms with Crippen LogP contribution in [0.4, 0.5) is 22.4 Å². The summed E-state index contributed by atoms with van der Waals surface area (Å²) >= 11 is 0. The minimum absolute atomic E-state index is 0.0225. The molecule has 10 heteroatoms. The topological polar surface area (TPSA) is 59.7 Å². The van der Waals surface area contributed by atoms with Crippen molar-refractivity contribution in [2.24, 2.45) is 11.8 Å². The molecule has 194 valence electrons. The molecular weight excluding hydrogens is 464 g/mol. The molecule has 1 saturated heterocycles. The molecule has 2 atom stereocenters. The number of alkyl halides is 3. The van der Waals surface area contributed by atoms with Gasteiger partial charge >= 0.3 is 12.3 Å². The van der Waals surface area contributed by atoms with E-state index in [9.17, 15) is 18.0 Å². The molecule has 35 heavy (non-hydrogen) atoms. The van der Waals surface area contributed by atoms with Crippen LogP contribution in [0, 0.1) is 24.6 Å². The van der Waals surface area contributed by atoms with E-state index in [1.807, 2.05) is 26.8 Å². The maximum atomic E-state index is 15.5. The Morgan fingerprint density at radius 1 is 1.11 bits per heavy atom. The Labute approximate surface area is 203 Å². The number of carbonyl (C=O) groups is 1. The first kappa shape index (κ1) is 25.7. The molecule has 2 aromatic rings. The maximum Gasteiger partial charge on any atom is 0.410 e. The van der Waals surface area contributed by atoms with Gasteiger partial charge in [-0.1, -0.05) is 6.92 Å². The Morgan fingerprint density at radius 3 is 2.37 bits per heavy atom. The zero-order valence-electron chi connectivity index (χ0n) is 21.0. The second kappa shape index (κ2) is 9.24. The second-order valence-electron chi connectivity index (χ2n) is 11.1. The Morgan fingerprint density at radius 2 is 1.77 bits per heavy atom. The highest BCUT2D eigenvalue weighted by Gasteiger charge is 2.43. The van der Waals surface area contributed by atoms with Crippen LogP contribution in [0.2, 0.25) is 0 Å². The molecule has 1 amide bonds. The zero-order valence-corrected chi connectivity index (χ0v) is 21.0. The predicted molar refractivity (Wildman–Crippen MR) is 123 cm³/mol. The third-order valence-corrected chi connectivity index (χ3v) is 7.28. The van der Waals surface area contributed by atoms with Crippen LogP contribution in [0.5, 0.6) is 0 Å². The van der Waals surface area contributed by atoms with Crippen LogP contribution in [0.25, 0.3) is 5.65 Å². The molecule has 0 bridgehead atoms. The lowest BCUT2D eigenvalue weighted by molar-refractivity contribution is -0.182. The summed E-state index contributed by atoms with van der Waals surface area (Å²) in [7, 11) is 0. The maximum absolute atomic E-state index is 15.5. The largest absolute Gasteiger partial charge is 0.444 e. The fraction of sp³-hybridized carbons (Fsp3) is 0.720. The number of halogens is 4. The van der Waals surface area contributed by atoms with Crippen molar-refractivity contribution in [3.63, 3.8) is 0 Å². The summed E-state index contributed by atoms with van der Waals surface area (Å²) in [6, 6.07) is 1.86. The van der Waals surface area contributed by atoms with Gasteiger partial charge in [-0.15, -0.1) is 0 Å². The van der Waals surface area contributed by atoms with Crippen LogP contribution < -0.4 is 0 Å². The summed E-state index contributed by atoms with van der Waals surface area (Å²) in [5.74, 6) is -2.18. The highest BCUT2D eigenvalue weighted by Crippen LogP contribution is 2.43. The molecule has 3 heterocycles. The third kappa shape index (κ3) is 5.40. The fourth-order valence-electron chi connectivity index (χ4n) is 5.32. The average Bonchev–Trinajstić information content (AvgIpc) is 3.08. The molecule has 1 aliphatic heterocycles. The van der Waals surface area contributed by atoms with E-state index in [0.717, 1.165) is 12.1 Å². The van der Waals surface area contributed by atoms with E-state index in [1.54, 1.807) is 11.8 Å². The number of amides is 1. The summed E-state index contributed by atoms with van der Waals surface area (Å²) in [6.07, 6.45) is -3.41. The van der Waals surface area contributed by atoms with E-state index in [0.29, 0.717) is 18.8 Å². The molecule has 2 aliphatic rings. The van der Waals surface area contributed by atoms with E-state index < -0.39 is 23.5 Å². The van der Waals surface area contributed by atoms with Crippen molar-refractivity contribution >= 4 is 11.7 Å². The van der Waals surface area contributed by atoms with Crippen molar-refractivity contribution in [1.29, 1.82) is 0 Å². The molecule has 0 aromatic carbocycles. The molecule has 0 radical (unpaired) electrons. The zero-order chi connectivity index (χ0) is 25.7.